The molecule has 3 nitrogen and oxygen atoms in total. The lowest BCUT2D eigenvalue weighted by Crippen LogP contribution is -2.22. The van der Waals surface area contributed by atoms with E-state index in [0.717, 1.165) is 12.1 Å². The molecule has 0 saturated carbocycles. The number of rotatable bonds is 1. The second kappa shape index (κ2) is 5.86. The zero-order valence-electron chi connectivity index (χ0n) is 13.5. The fourth-order valence-corrected chi connectivity index (χ4v) is 3.39. The number of fused-ring (bicyclic) bond motifs is 3. The number of alkyl halides is 3. The van der Waals surface area contributed by atoms with Crippen molar-refractivity contribution in [3.8, 4) is 11.1 Å². The SMILES string of the molecule is O=C1NCCCn2c1cc1cc(F)cc(-c3ccc(C(F)(F)F)cc3)c12. The van der Waals surface area contributed by atoms with E-state index < -0.39 is 17.6 Å². The van der Waals surface area contributed by atoms with Crippen LogP contribution < -0.4 is 5.32 Å². The topological polar surface area (TPSA) is 34.0 Å². The summed E-state index contributed by atoms with van der Waals surface area (Å²) < 4.78 is 54.3. The van der Waals surface area contributed by atoms with Crippen LogP contribution in [-0.2, 0) is 12.7 Å². The summed E-state index contributed by atoms with van der Waals surface area (Å²) in [4.78, 5) is 12.2. The van der Waals surface area contributed by atoms with E-state index in [4.69, 9.17) is 0 Å². The number of aromatic nitrogens is 1. The smallest absolute Gasteiger partial charge is 0.351 e. The summed E-state index contributed by atoms with van der Waals surface area (Å²) >= 11 is 0. The Hall–Kier alpha value is -2.83. The Bertz CT molecular complexity index is 1000. The maximum absolute atomic E-state index is 14.1. The lowest BCUT2D eigenvalue weighted by molar-refractivity contribution is -0.137. The first-order valence-corrected chi connectivity index (χ1v) is 8.13. The Balaban J connectivity index is 1.93. The van der Waals surface area contributed by atoms with Crippen LogP contribution in [0.15, 0.2) is 42.5 Å². The highest BCUT2D eigenvalue weighted by molar-refractivity contribution is 6.03. The van der Waals surface area contributed by atoms with E-state index in [1.807, 2.05) is 4.57 Å². The molecule has 0 unspecified atom stereocenters. The highest BCUT2D eigenvalue weighted by Crippen LogP contribution is 2.35. The van der Waals surface area contributed by atoms with Crippen molar-refractivity contribution in [2.75, 3.05) is 6.54 Å². The first kappa shape index (κ1) is 16.6. The minimum absolute atomic E-state index is 0.238. The van der Waals surface area contributed by atoms with Gasteiger partial charge in [-0.1, -0.05) is 12.1 Å². The van der Waals surface area contributed by atoms with Crippen molar-refractivity contribution in [1.29, 1.82) is 0 Å². The van der Waals surface area contributed by atoms with Crippen LogP contribution in [0, 0.1) is 5.82 Å². The molecule has 0 fully saturated rings. The molecule has 1 aliphatic heterocycles. The average molecular weight is 362 g/mol. The summed E-state index contributed by atoms with van der Waals surface area (Å²) in [6.45, 7) is 1.11. The Morgan fingerprint density at radius 3 is 2.46 bits per heavy atom. The fraction of sp³-hybridized carbons (Fsp3) is 0.211. The van der Waals surface area contributed by atoms with Gasteiger partial charge in [0, 0.05) is 24.0 Å². The minimum Gasteiger partial charge on any atom is -0.351 e. The highest BCUT2D eigenvalue weighted by atomic mass is 19.4. The van der Waals surface area contributed by atoms with Gasteiger partial charge in [-0.2, -0.15) is 13.2 Å². The molecule has 4 rings (SSSR count). The van der Waals surface area contributed by atoms with Gasteiger partial charge in [0.05, 0.1) is 11.1 Å². The molecular weight excluding hydrogens is 348 g/mol. The Labute approximate surface area is 146 Å². The number of nitrogens with one attached hydrogen (secondary N) is 1. The van der Waals surface area contributed by atoms with E-state index >= 15 is 0 Å². The normalized spacial score (nSPS) is 14.8. The van der Waals surface area contributed by atoms with Gasteiger partial charge in [-0.25, -0.2) is 4.39 Å². The molecular formula is C19H14F4N2O. The average Bonchev–Trinajstić information content (AvgIpc) is 2.86. The van der Waals surface area contributed by atoms with Crippen molar-refractivity contribution < 1.29 is 22.4 Å². The molecule has 1 amide bonds. The molecule has 0 atom stereocenters. The maximum atomic E-state index is 14.1. The number of carbonyl (C=O) groups is 1. The third kappa shape index (κ3) is 2.73. The van der Waals surface area contributed by atoms with Gasteiger partial charge in [0.1, 0.15) is 11.5 Å². The summed E-state index contributed by atoms with van der Waals surface area (Å²) in [7, 11) is 0. The third-order valence-corrected chi connectivity index (χ3v) is 4.56. The molecule has 0 spiro atoms. The maximum Gasteiger partial charge on any atom is 0.416 e. The molecule has 1 aromatic heterocycles. The van der Waals surface area contributed by atoms with Crippen molar-refractivity contribution in [3.05, 3.63) is 59.5 Å². The van der Waals surface area contributed by atoms with Crippen molar-refractivity contribution in [3.63, 3.8) is 0 Å². The number of carbonyl (C=O) groups excluding carboxylic acids is 1. The van der Waals surface area contributed by atoms with Gasteiger partial charge >= 0.3 is 6.18 Å². The van der Waals surface area contributed by atoms with Gasteiger partial charge < -0.3 is 9.88 Å². The highest BCUT2D eigenvalue weighted by Gasteiger charge is 2.30. The van der Waals surface area contributed by atoms with Crippen LogP contribution in [-0.4, -0.2) is 17.0 Å². The standard InChI is InChI=1S/C19H14F4N2O/c20-14-8-12-9-16-18(26)24-6-1-7-25(16)17(12)15(10-14)11-2-4-13(5-3-11)19(21,22)23/h2-5,8-10H,1,6-7H2,(H,24,26). The summed E-state index contributed by atoms with van der Waals surface area (Å²) in [5.74, 6) is -0.744. The molecule has 1 N–H and O–H groups in total. The van der Waals surface area contributed by atoms with Crippen molar-refractivity contribution in [2.45, 2.75) is 19.1 Å². The van der Waals surface area contributed by atoms with E-state index in [1.165, 1.54) is 24.3 Å². The third-order valence-electron chi connectivity index (χ3n) is 4.56. The van der Waals surface area contributed by atoms with Crippen LogP contribution in [0.5, 0.6) is 0 Å². The van der Waals surface area contributed by atoms with Crippen molar-refractivity contribution in [2.24, 2.45) is 0 Å². The molecule has 7 heteroatoms. The van der Waals surface area contributed by atoms with Crippen LogP contribution in [0.1, 0.15) is 22.5 Å². The van der Waals surface area contributed by atoms with Gasteiger partial charge in [-0.05, 0) is 42.3 Å². The van der Waals surface area contributed by atoms with Crippen LogP contribution in [0.4, 0.5) is 17.6 Å². The molecule has 134 valence electrons. The zero-order chi connectivity index (χ0) is 18.5. The number of hydrogen-bond donors (Lipinski definition) is 1. The summed E-state index contributed by atoms with van der Waals surface area (Å²) in [6.07, 6.45) is -3.72. The molecule has 2 heterocycles. The molecule has 2 aromatic carbocycles. The first-order valence-electron chi connectivity index (χ1n) is 8.13. The Morgan fingerprint density at radius 2 is 1.77 bits per heavy atom. The first-order chi connectivity index (χ1) is 12.3. The molecule has 0 bridgehead atoms. The van der Waals surface area contributed by atoms with E-state index in [0.29, 0.717) is 47.2 Å². The van der Waals surface area contributed by atoms with Gasteiger partial charge in [0.15, 0.2) is 0 Å². The molecule has 0 saturated heterocycles. The van der Waals surface area contributed by atoms with Gasteiger partial charge in [-0.3, -0.25) is 4.79 Å². The molecule has 0 radical (unpaired) electrons. The second-order valence-electron chi connectivity index (χ2n) is 6.26. The zero-order valence-corrected chi connectivity index (χ0v) is 13.5. The predicted octanol–water partition coefficient (Wildman–Crippen LogP) is 4.60. The minimum atomic E-state index is -4.43. The van der Waals surface area contributed by atoms with Crippen molar-refractivity contribution in [1.82, 2.24) is 9.88 Å². The van der Waals surface area contributed by atoms with Gasteiger partial charge in [-0.15, -0.1) is 0 Å². The van der Waals surface area contributed by atoms with E-state index in [9.17, 15) is 22.4 Å². The van der Waals surface area contributed by atoms with E-state index in [1.54, 1.807) is 6.07 Å². The van der Waals surface area contributed by atoms with Crippen LogP contribution >= 0.6 is 0 Å². The number of nitrogens with zero attached hydrogens (tertiary/aromatic N) is 1. The van der Waals surface area contributed by atoms with Crippen LogP contribution in [0.25, 0.3) is 22.0 Å². The number of benzene rings is 2. The molecule has 26 heavy (non-hydrogen) atoms. The molecule has 1 aliphatic rings. The van der Waals surface area contributed by atoms with Crippen LogP contribution in [0.2, 0.25) is 0 Å². The van der Waals surface area contributed by atoms with Crippen molar-refractivity contribution >= 4 is 16.8 Å². The Kier molecular flexibility index (Phi) is 3.75. The largest absolute Gasteiger partial charge is 0.416 e. The van der Waals surface area contributed by atoms with Gasteiger partial charge in [0.2, 0.25) is 0 Å². The number of hydrogen-bond acceptors (Lipinski definition) is 1. The van der Waals surface area contributed by atoms with Crippen LogP contribution in [0.3, 0.4) is 0 Å². The lowest BCUT2D eigenvalue weighted by atomic mass is 10.0. The summed E-state index contributed by atoms with van der Waals surface area (Å²) in [5.41, 5.74) is 1.25. The number of aryl methyl sites for hydroxylation is 1. The molecule has 3 aromatic rings. The van der Waals surface area contributed by atoms with E-state index in [2.05, 4.69) is 5.32 Å². The fourth-order valence-electron chi connectivity index (χ4n) is 3.39. The molecule has 0 aliphatic carbocycles. The predicted molar refractivity (Wildman–Crippen MR) is 89.3 cm³/mol. The number of amides is 1. The van der Waals surface area contributed by atoms with Gasteiger partial charge in [0.25, 0.3) is 5.91 Å². The quantitative estimate of drug-likeness (QED) is 0.631. The lowest BCUT2D eigenvalue weighted by Gasteiger charge is -2.12. The van der Waals surface area contributed by atoms with E-state index in [-0.39, 0.29) is 5.91 Å². The Morgan fingerprint density at radius 1 is 1.04 bits per heavy atom. The second-order valence-corrected chi connectivity index (χ2v) is 6.26. The monoisotopic (exact) mass is 362 g/mol. The summed E-state index contributed by atoms with van der Waals surface area (Å²) in [5, 5.41) is 3.33. The summed E-state index contributed by atoms with van der Waals surface area (Å²) in [6, 6.07) is 8.85. The number of halogens is 4.